The summed E-state index contributed by atoms with van der Waals surface area (Å²) in [5.74, 6) is -1.51. The van der Waals surface area contributed by atoms with Crippen molar-refractivity contribution in [2.24, 2.45) is 0 Å². The zero-order valence-corrected chi connectivity index (χ0v) is 11.1. The van der Waals surface area contributed by atoms with Gasteiger partial charge in [-0.15, -0.1) is 0 Å². The summed E-state index contributed by atoms with van der Waals surface area (Å²) < 4.78 is 26.6. The van der Waals surface area contributed by atoms with Crippen LogP contribution < -0.4 is 5.32 Å². The molecule has 2 aromatic carbocycles. The lowest BCUT2D eigenvalue weighted by molar-refractivity contribution is -0.116. The number of halogens is 2. The van der Waals surface area contributed by atoms with E-state index >= 15 is 0 Å². The number of aliphatic hydroxyl groups excluding tert-OH is 1. The third kappa shape index (κ3) is 2.64. The molecular formula is C16H13F2NO2. The Morgan fingerprint density at radius 2 is 1.90 bits per heavy atom. The molecule has 1 heterocycles. The van der Waals surface area contributed by atoms with E-state index in [4.69, 9.17) is 0 Å². The first-order valence-corrected chi connectivity index (χ1v) is 6.60. The van der Waals surface area contributed by atoms with Crippen LogP contribution in [-0.2, 0) is 11.2 Å². The Kier molecular flexibility index (Phi) is 3.43. The highest BCUT2D eigenvalue weighted by molar-refractivity contribution is 5.93. The maximum atomic E-state index is 13.7. The molecular weight excluding hydrogens is 276 g/mol. The van der Waals surface area contributed by atoms with Crippen LogP contribution in [0.2, 0.25) is 0 Å². The predicted octanol–water partition coefficient (Wildman–Crippen LogP) is 2.93. The van der Waals surface area contributed by atoms with E-state index in [1.54, 1.807) is 18.2 Å². The summed E-state index contributed by atoms with van der Waals surface area (Å²) in [6, 6.07) is 8.14. The molecule has 0 bridgehead atoms. The first-order chi connectivity index (χ1) is 10.0. The number of fused-ring (bicyclic) bond motifs is 1. The van der Waals surface area contributed by atoms with Gasteiger partial charge in [-0.05, 0) is 29.7 Å². The van der Waals surface area contributed by atoms with Crippen LogP contribution in [0.15, 0.2) is 36.4 Å². The monoisotopic (exact) mass is 289 g/mol. The summed E-state index contributed by atoms with van der Waals surface area (Å²) in [6.07, 6.45) is -0.209. The van der Waals surface area contributed by atoms with Gasteiger partial charge in [0.15, 0.2) is 0 Å². The number of rotatable bonds is 2. The van der Waals surface area contributed by atoms with Gasteiger partial charge in [0.1, 0.15) is 17.7 Å². The minimum absolute atomic E-state index is 0.0243. The normalized spacial score (nSPS) is 15.3. The zero-order valence-electron chi connectivity index (χ0n) is 11.1. The maximum Gasteiger partial charge on any atom is 0.224 e. The highest BCUT2D eigenvalue weighted by Gasteiger charge is 2.19. The highest BCUT2D eigenvalue weighted by Crippen LogP contribution is 2.30. The molecule has 3 nitrogen and oxygen atoms in total. The number of carbonyl (C=O) groups is 1. The van der Waals surface area contributed by atoms with Crippen molar-refractivity contribution in [1.82, 2.24) is 0 Å². The summed E-state index contributed by atoms with van der Waals surface area (Å²) in [5, 5.41) is 13.0. The van der Waals surface area contributed by atoms with Gasteiger partial charge >= 0.3 is 0 Å². The number of nitrogens with one attached hydrogen (secondary N) is 1. The Balaban J connectivity index is 1.95. The van der Waals surface area contributed by atoms with Crippen LogP contribution >= 0.6 is 0 Å². The number of hydrogen-bond acceptors (Lipinski definition) is 2. The molecule has 0 radical (unpaired) electrons. The van der Waals surface area contributed by atoms with Crippen molar-refractivity contribution in [2.75, 3.05) is 5.32 Å². The highest BCUT2D eigenvalue weighted by atomic mass is 19.1. The van der Waals surface area contributed by atoms with Crippen molar-refractivity contribution in [1.29, 1.82) is 0 Å². The second kappa shape index (κ2) is 5.26. The van der Waals surface area contributed by atoms with Crippen molar-refractivity contribution in [3.63, 3.8) is 0 Å². The summed E-state index contributed by atoms with van der Waals surface area (Å²) >= 11 is 0. The fraction of sp³-hybridized carbons (Fsp3) is 0.188. The predicted molar refractivity (Wildman–Crippen MR) is 73.8 cm³/mol. The second-order valence-electron chi connectivity index (χ2n) is 5.03. The van der Waals surface area contributed by atoms with Gasteiger partial charge in [-0.25, -0.2) is 8.78 Å². The third-order valence-electron chi connectivity index (χ3n) is 3.60. The first kappa shape index (κ1) is 13.7. The van der Waals surface area contributed by atoms with Crippen molar-refractivity contribution >= 4 is 11.6 Å². The van der Waals surface area contributed by atoms with Crippen LogP contribution in [0, 0.1) is 11.6 Å². The van der Waals surface area contributed by atoms with Crippen molar-refractivity contribution in [2.45, 2.75) is 18.9 Å². The number of aliphatic hydroxyl groups is 1. The Morgan fingerprint density at radius 1 is 1.10 bits per heavy atom. The lowest BCUT2D eigenvalue weighted by atomic mass is 9.95. The molecule has 1 aliphatic heterocycles. The Labute approximate surface area is 120 Å². The lowest BCUT2D eigenvalue weighted by Crippen LogP contribution is -2.19. The number of benzene rings is 2. The van der Waals surface area contributed by atoms with Gasteiger partial charge in [-0.3, -0.25) is 4.79 Å². The molecule has 1 aliphatic rings. The minimum Gasteiger partial charge on any atom is -0.384 e. The van der Waals surface area contributed by atoms with Crippen molar-refractivity contribution in [3.8, 4) is 0 Å². The molecule has 2 aromatic rings. The standard InChI is InChI=1S/C16H13F2NO2/c17-11-3-4-12(13(18)8-11)16(21)10-1-5-14-9(7-10)2-6-15(20)19-14/h1,3-5,7-8,16,21H,2,6H2,(H,19,20). The lowest BCUT2D eigenvalue weighted by Gasteiger charge is -2.19. The fourth-order valence-corrected chi connectivity index (χ4v) is 2.48. The smallest absolute Gasteiger partial charge is 0.224 e. The zero-order chi connectivity index (χ0) is 15.0. The van der Waals surface area contributed by atoms with E-state index in [-0.39, 0.29) is 11.5 Å². The van der Waals surface area contributed by atoms with Gasteiger partial charge in [0.2, 0.25) is 5.91 Å². The Morgan fingerprint density at radius 3 is 2.67 bits per heavy atom. The molecule has 0 spiro atoms. The molecule has 0 saturated carbocycles. The summed E-state index contributed by atoms with van der Waals surface area (Å²) in [7, 11) is 0. The summed E-state index contributed by atoms with van der Waals surface area (Å²) in [5.41, 5.74) is 2.14. The number of carbonyl (C=O) groups excluding carboxylic acids is 1. The van der Waals surface area contributed by atoms with Gasteiger partial charge in [-0.1, -0.05) is 18.2 Å². The van der Waals surface area contributed by atoms with E-state index in [1.165, 1.54) is 6.07 Å². The minimum atomic E-state index is -1.17. The molecule has 0 aromatic heterocycles. The maximum absolute atomic E-state index is 13.7. The van der Waals surface area contributed by atoms with Crippen molar-refractivity contribution < 1.29 is 18.7 Å². The number of hydrogen-bond donors (Lipinski definition) is 2. The molecule has 108 valence electrons. The first-order valence-electron chi connectivity index (χ1n) is 6.60. The molecule has 3 rings (SSSR count). The molecule has 1 unspecified atom stereocenters. The molecule has 21 heavy (non-hydrogen) atoms. The molecule has 0 aliphatic carbocycles. The van der Waals surface area contributed by atoms with E-state index in [1.807, 2.05) is 0 Å². The van der Waals surface area contributed by atoms with Crippen LogP contribution in [0.4, 0.5) is 14.5 Å². The quantitative estimate of drug-likeness (QED) is 0.893. The van der Waals surface area contributed by atoms with E-state index in [0.29, 0.717) is 24.1 Å². The second-order valence-corrected chi connectivity index (χ2v) is 5.03. The Bertz CT molecular complexity index is 715. The van der Waals surface area contributed by atoms with Crippen LogP contribution in [0.5, 0.6) is 0 Å². The number of anilines is 1. The molecule has 0 saturated heterocycles. The van der Waals surface area contributed by atoms with Crippen LogP contribution in [0.1, 0.15) is 29.2 Å². The van der Waals surface area contributed by atoms with Crippen molar-refractivity contribution in [3.05, 3.63) is 64.7 Å². The van der Waals surface area contributed by atoms with E-state index in [2.05, 4.69) is 5.32 Å². The topological polar surface area (TPSA) is 49.3 Å². The number of aryl methyl sites for hydroxylation is 1. The molecule has 2 N–H and O–H groups in total. The van der Waals surface area contributed by atoms with Crippen LogP contribution in [-0.4, -0.2) is 11.0 Å². The fourth-order valence-electron chi connectivity index (χ4n) is 2.48. The molecule has 1 atom stereocenters. The van der Waals surface area contributed by atoms with Gasteiger partial charge < -0.3 is 10.4 Å². The Hall–Kier alpha value is -2.27. The van der Waals surface area contributed by atoms with E-state index in [0.717, 1.165) is 17.7 Å². The largest absolute Gasteiger partial charge is 0.384 e. The van der Waals surface area contributed by atoms with Crippen LogP contribution in [0.25, 0.3) is 0 Å². The molecule has 0 fully saturated rings. The van der Waals surface area contributed by atoms with Gasteiger partial charge in [0.05, 0.1) is 0 Å². The third-order valence-corrected chi connectivity index (χ3v) is 3.60. The average molecular weight is 289 g/mol. The summed E-state index contributed by atoms with van der Waals surface area (Å²) in [4.78, 5) is 11.3. The molecule has 5 heteroatoms. The summed E-state index contributed by atoms with van der Waals surface area (Å²) in [6.45, 7) is 0. The van der Waals surface area contributed by atoms with E-state index in [9.17, 15) is 18.7 Å². The van der Waals surface area contributed by atoms with Gasteiger partial charge in [0.25, 0.3) is 0 Å². The SMILES string of the molecule is O=C1CCc2cc(C(O)c3ccc(F)cc3F)ccc2N1. The number of amides is 1. The van der Waals surface area contributed by atoms with Crippen LogP contribution in [0.3, 0.4) is 0 Å². The van der Waals surface area contributed by atoms with Gasteiger partial charge in [-0.2, -0.15) is 0 Å². The molecule has 1 amide bonds. The van der Waals surface area contributed by atoms with Gasteiger partial charge in [0, 0.05) is 23.7 Å². The average Bonchev–Trinajstić information content (AvgIpc) is 2.46. The van der Waals surface area contributed by atoms with E-state index < -0.39 is 17.7 Å².